The van der Waals surface area contributed by atoms with Crippen LogP contribution in [0.25, 0.3) is 0 Å². The highest BCUT2D eigenvalue weighted by molar-refractivity contribution is 5.95. The fourth-order valence-corrected chi connectivity index (χ4v) is 2.49. The molecule has 27 heavy (non-hydrogen) atoms. The van der Waals surface area contributed by atoms with Crippen molar-refractivity contribution in [2.24, 2.45) is 11.7 Å². The monoisotopic (exact) mass is 371 g/mol. The molecule has 2 aromatic carbocycles. The lowest BCUT2D eigenvalue weighted by molar-refractivity contribution is -0.167. The van der Waals surface area contributed by atoms with Crippen molar-refractivity contribution in [2.45, 2.75) is 39.0 Å². The second kappa shape index (κ2) is 8.68. The van der Waals surface area contributed by atoms with Crippen LogP contribution in [0.1, 0.15) is 37.9 Å². The summed E-state index contributed by atoms with van der Waals surface area (Å²) in [5.74, 6) is -3.03. The molecule has 0 amide bonds. The third-order valence-electron chi connectivity index (χ3n) is 3.80. The summed E-state index contributed by atoms with van der Waals surface area (Å²) in [7, 11) is 0. The van der Waals surface area contributed by atoms with Crippen LogP contribution in [0.4, 0.5) is 0 Å². The summed E-state index contributed by atoms with van der Waals surface area (Å²) in [5.41, 5.74) is 6.81. The molecule has 0 saturated heterocycles. The number of rotatable bonds is 7. The number of aliphatic carboxylic acids is 1. The summed E-state index contributed by atoms with van der Waals surface area (Å²) in [6.07, 6.45) is 0. The first-order valence-corrected chi connectivity index (χ1v) is 8.65. The number of carbonyl (C=O) groups is 2. The molecule has 0 spiro atoms. The number of carboxylic acids is 1. The molecule has 0 fully saturated rings. The summed E-state index contributed by atoms with van der Waals surface area (Å²) in [5, 5.41) is 9.43. The first kappa shape index (κ1) is 20.5. The van der Waals surface area contributed by atoms with E-state index in [1.165, 1.54) is 0 Å². The molecule has 2 aromatic rings. The van der Waals surface area contributed by atoms with Crippen LogP contribution in [0.5, 0.6) is 5.75 Å². The van der Waals surface area contributed by atoms with E-state index in [0.29, 0.717) is 17.9 Å². The first-order valence-electron chi connectivity index (χ1n) is 8.65. The van der Waals surface area contributed by atoms with Crippen LogP contribution >= 0.6 is 0 Å². The summed E-state index contributed by atoms with van der Waals surface area (Å²) in [6.45, 7) is 5.44. The molecule has 2 atom stereocenters. The van der Waals surface area contributed by atoms with Gasteiger partial charge in [-0.25, -0.2) is 0 Å². The van der Waals surface area contributed by atoms with Crippen molar-refractivity contribution in [2.75, 3.05) is 0 Å². The van der Waals surface area contributed by atoms with Crippen LogP contribution in [-0.2, 0) is 20.9 Å². The van der Waals surface area contributed by atoms with Crippen molar-refractivity contribution in [1.82, 2.24) is 0 Å². The minimum Gasteiger partial charge on any atom is -0.489 e. The molecule has 3 N–H and O–H groups in total. The number of hydrogen-bond donors (Lipinski definition) is 2. The molecule has 6 heteroatoms. The van der Waals surface area contributed by atoms with E-state index in [2.05, 4.69) is 0 Å². The van der Waals surface area contributed by atoms with Gasteiger partial charge in [0, 0.05) is 0 Å². The topological polar surface area (TPSA) is 98.9 Å². The molecule has 144 valence electrons. The van der Waals surface area contributed by atoms with Gasteiger partial charge in [0.15, 0.2) is 5.92 Å². The number of nitrogens with two attached hydrogens (primary N) is 1. The Morgan fingerprint density at radius 1 is 1.04 bits per heavy atom. The van der Waals surface area contributed by atoms with Crippen LogP contribution < -0.4 is 10.5 Å². The highest BCUT2D eigenvalue weighted by Gasteiger charge is 2.37. The molecule has 2 rings (SSSR count). The largest absolute Gasteiger partial charge is 0.489 e. The second-order valence-corrected chi connectivity index (χ2v) is 7.22. The number of ether oxygens (including phenoxy) is 2. The van der Waals surface area contributed by atoms with E-state index in [-0.39, 0.29) is 0 Å². The van der Waals surface area contributed by atoms with E-state index in [4.69, 9.17) is 15.2 Å². The van der Waals surface area contributed by atoms with E-state index in [1.54, 1.807) is 45.0 Å². The normalized spacial score (nSPS) is 13.5. The fourth-order valence-electron chi connectivity index (χ4n) is 2.49. The Bertz CT molecular complexity index is 765. The van der Waals surface area contributed by atoms with E-state index in [0.717, 1.165) is 5.56 Å². The quantitative estimate of drug-likeness (QED) is 0.572. The van der Waals surface area contributed by atoms with Gasteiger partial charge in [0.05, 0.1) is 6.04 Å². The number of carbonyl (C=O) groups excluding carboxylic acids is 1. The summed E-state index contributed by atoms with van der Waals surface area (Å²) in [4.78, 5) is 23.8. The van der Waals surface area contributed by atoms with Crippen molar-refractivity contribution in [1.29, 1.82) is 0 Å². The lowest BCUT2D eigenvalue weighted by atomic mass is 9.93. The Kier molecular flexibility index (Phi) is 6.58. The molecule has 2 unspecified atom stereocenters. The van der Waals surface area contributed by atoms with Gasteiger partial charge in [0.2, 0.25) is 0 Å². The Balaban J connectivity index is 2.07. The predicted molar refractivity (Wildman–Crippen MR) is 101 cm³/mol. The molecular weight excluding hydrogens is 346 g/mol. The van der Waals surface area contributed by atoms with Gasteiger partial charge in [-0.05, 0) is 44.0 Å². The number of hydrogen-bond acceptors (Lipinski definition) is 5. The minimum absolute atomic E-state index is 0.419. The van der Waals surface area contributed by atoms with Gasteiger partial charge in [-0.2, -0.15) is 0 Å². The van der Waals surface area contributed by atoms with Gasteiger partial charge in [-0.3, -0.25) is 9.59 Å². The van der Waals surface area contributed by atoms with E-state index < -0.39 is 29.5 Å². The molecule has 0 saturated carbocycles. The predicted octanol–water partition coefficient (Wildman–Crippen LogP) is 3.31. The van der Waals surface area contributed by atoms with Crippen LogP contribution in [0.3, 0.4) is 0 Å². The van der Waals surface area contributed by atoms with Gasteiger partial charge in [0.1, 0.15) is 18.0 Å². The average molecular weight is 371 g/mol. The third kappa shape index (κ3) is 6.11. The summed E-state index contributed by atoms with van der Waals surface area (Å²) in [6, 6.07) is 15.4. The molecule has 0 aliphatic rings. The maximum Gasteiger partial charge on any atom is 0.322 e. The molecule has 0 radical (unpaired) electrons. The minimum atomic E-state index is -1.49. The average Bonchev–Trinajstić information content (AvgIpc) is 2.59. The molecule has 0 bridgehead atoms. The van der Waals surface area contributed by atoms with Gasteiger partial charge in [-0.15, -0.1) is 0 Å². The van der Waals surface area contributed by atoms with Crippen molar-refractivity contribution >= 4 is 11.9 Å². The van der Waals surface area contributed by atoms with Crippen molar-refractivity contribution in [3.8, 4) is 5.75 Å². The fraction of sp³-hybridized carbons (Fsp3) is 0.333. The molecule has 6 nitrogen and oxygen atoms in total. The van der Waals surface area contributed by atoms with Gasteiger partial charge in [-0.1, -0.05) is 42.5 Å². The molecule has 0 aliphatic heterocycles. The summed E-state index contributed by atoms with van der Waals surface area (Å²) < 4.78 is 10.9. The zero-order valence-electron chi connectivity index (χ0n) is 15.7. The number of esters is 1. The van der Waals surface area contributed by atoms with Crippen LogP contribution in [-0.4, -0.2) is 22.6 Å². The van der Waals surface area contributed by atoms with Crippen molar-refractivity contribution in [3.63, 3.8) is 0 Å². The van der Waals surface area contributed by atoms with Gasteiger partial charge in [0.25, 0.3) is 0 Å². The molecular formula is C21H25NO5. The Morgan fingerprint density at radius 2 is 1.63 bits per heavy atom. The van der Waals surface area contributed by atoms with E-state index in [1.807, 2.05) is 30.3 Å². The van der Waals surface area contributed by atoms with Gasteiger partial charge < -0.3 is 20.3 Å². The van der Waals surface area contributed by atoms with E-state index >= 15 is 0 Å². The van der Waals surface area contributed by atoms with Crippen molar-refractivity contribution < 1.29 is 24.2 Å². The SMILES string of the molecule is CC(C)(C)OC(=O)C(C(=O)O)C(N)c1ccc(OCc2ccccc2)cc1. The highest BCUT2D eigenvalue weighted by Crippen LogP contribution is 2.25. The van der Waals surface area contributed by atoms with E-state index in [9.17, 15) is 14.7 Å². The maximum atomic E-state index is 12.2. The lowest BCUT2D eigenvalue weighted by Gasteiger charge is -2.25. The molecule has 0 aliphatic carbocycles. The maximum absolute atomic E-state index is 12.2. The standard InChI is InChI=1S/C21H25NO5/c1-21(2,3)27-20(25)17(19(23)24)18(22)15-9-11-16(12-10-15)26-13-14-7-5-4-6-8-14/h4-12,17-18H,13,22H2,1-3H3,(H,23,24). The summed E-state index contributed by atoms with van der Waals surface area (Å²) >= 11 is 0. The van der Waals surface area contributed by atoms with Crippen LogP contribution in [0.2, 0.25) is 0 Å². The molecule has 0 aromatic heterocycles. The lowest BCUT2D eigenvalue weighted by Crippen LogP contribution is -2.39. The highest BCUT2D eigenvalue weighted by atomic mass is 16.6. The Hall–Kier alpha value is -2.86. The molecule has 0 heterocycles. The zero-order chi connectivity index (χ0) is 20.0. The first-order chi connectivity index (χ1) is 12.7. The van der Waals surface area contributed by atoms with Crippen LogP contribution in [0.15, 0.2) is 54.6 Å². The smallest absolute Gasteiger partial charge is 0.322 e. The zero-order valence-corrected chi connectivity index (χ0v) is 15.7. The Morgan fingerprint density at radius 3 is 2.15 bits per heavy atom. The van der Waals surface area contributed by atoms with Gasteiger partial charge >= 0.3 is 11.9 Å². The third-order valence-corrected chi connectivity index (χ3v) is 3.80. The Labute approximate surface area is 158 Å². The number of carboxylic acid groups (broad SMARTS) is 1. The van der Waals surface area contributed by atoms with Crippen LogP contribution in [0, 0.1) is 5.92 Å². The second-order valence-electron chi connectivity index (χ2n) is 7.22. The van der Waals surface area contributed by atoms with Crippen molar-refractivity contribution in [3.05, 3.63) is 65.7 Å². The number of benzene rings is 2.